The number of ketones is 1. The molecule has 4 heteroatoms. The van der Waals surface area contributed by atoms with Gasteiger partial charge in [-0.3, -0.25) is 4.79 Å². The third kappa shape index (κ3) is 2.91. The molecule has 0 radical (unpaired) electrons. The molecule has 0 fully saturated rings. The molecule has 1 aromatic heterocycles. The van der Waals surface area contributed by atoms with Gasteiger partial charge in [0.1, 0.15) is 5.82 Å². The summed E-state index contributed by atoms with van der Waals surface area (Å²) in [6.45, 7) is 3.45. The van der Waals surface area contributed by atoms with Crippen molar-refractivity contribution in [1.29, 1.82) is 0 Å². The number of nitrogens with zero attached hydrogens (tertiary/aromatic N) is 1. The van der Waals surface area contributed by atoms with Gasteiger partial charge in [0.2, 0.25) is 5.88 Å². The number of aromatic hydroxyl groups is 1. The molecule has 0 unspecified atom stereocenters. The van der Waals surface area contributed by atoms with Gasteiger partial charge in [-0.15, -0.1) is 0 Å². The van der Waals surface area contributed by atoms with Gasteiger partial charge in [-0.2, -0.15) is 0 Å². The maximum absolute atomic E-state index is 13.4. The fourth-order valence-corrected chi connectivity index (χ4v) is 1.98. The highest BCUT2D eigenvalue weighted by atomic mass is 19.1. The van der Waals surface area contributed by atoms with Gasteiger partial charge in [0.15, 0.2) is 5.78 Å². The third-order valence-electron chi connectivity index (χ3n) is 2.89. The molecule has 0 saturated carbocycles. The van der Waals surface area contributed by atoms with E-state index in [9.17, 15) is 14.3 Å². The average Bonchev–Trinajstić information content (AvgIpc) is 2.36. The maximum atomic E-state index is 13.4. The summed E-state index contributed by atoms with van der Waals surface area (Å²) < 4.78 is 13.4. The highest BCUT2D eigenvalue weighted by molar-refractivity contribution is 6.09. The minimum atomic E-state index is -0.407. The Labute approximate surface area is 116 Å². The largest absolute Gasteiger partial charge is 0.493 e. The molecule has 102 valence electrons. The lowest BCUT2D eigenvalue weighted by atomic mass is 10.0. The van der Waals surface area contributed by atoms with Crippen molar-refractivity contribution in [2.24, 2.45) is 0 Å². The lowest BCUT2D eigenvalue weighted by Gasteiger charge is -2.05. The van der Waals surface area contributed by atoms with Crippen LogP contribution < -0.4 is 0 Å². The summed E-state index contributed by atoms with van der Waals surface area (Å²) in [7, 11) is 0. The summed E-state index contributed by atoms with van der Waals surface area (Å²) in [5.41, 5.74) is 1.73. The molecule has 0 atom stereocenters. The molecule has 0 saturated heterocycles. The molecule has 3 nitrogen and oxygen atoms in total. The minimum absolute atomic E-state index is 0.142. The number of hydrogen-bond acceptors (Lipinski definition) is 3. The van der Waals surface area contributed by atoms with Crippen LogP contribution in [0, 0.1) is 19.7 Å². The van der Waals surface area contributed by atoms with Crippen LogP contribution in [0.25, 0.3) is 6.08 Å². The molecule has 0 aliphatic heterocycles. The fraction of sp³-hybridized carbons (Fsp3) is 0.125. The Morgan fingerprint density at radius 1 is 1.30 bits per heavy atom. The second kappa shape index (κ2) is 5.65. The smallest absolute Gasteiger partial charge is 0.222 e. The number of hydrogen-bond donors (Lipinski definition) is 1. The summed E-state index contributed by atoms with van der Waals surface area (Å²) in [6, 6.07) is 7.86. The van der Waals surface area contributed by atoms with Crippen LogP contribution in [0.4, 0.5) is 4.39 Å². The molecule has 2 rings (SSSR count). The summed E-state index contributed by atoms with van der Waals surface area (Å²) in [4.78, 5) is 15.9. The van der Waals surface area contributed by atoms with E-state index in [-0.39, 0.29) is 11.4 Å². The lowest BCUT2D eigenvalue weighted by molar-refractivity contribution is 0.104. The van der Waals surface area contributed by atoms with E-state index >= 15 is 0 Å². The van der Waals surface area contributed by atoms with Crippen LogP contribution in [0.5, 0.6) is 5.88 Å². The summed E-state index contributed by atoms with van der Waals surface area (Å²) in [5.74, 6) is -1.11. The van der Waals surface area contributed by atoms with Crippen molar-refractivity contribution in [1.82, 2.24) is 4.98 Å². The summed E-state index contributed by atoms with van der Waals surface area (Å²) >= 11 is 0. The van der Waals surface area contributed by atoms with Crippen molar-refractivity contribution in [2.75, 3.05) is 0 Å². The fourth-order valence-electron chi connectivity index (χ4n) is 1.98. The highest BCUT2D eigenvalue weighted by Gasteiger charge is 2.13. The first-order valence-electron chi connectivity index (χ1n) is 6.13. The molecule has 20 heavy (non-hydrogen) atoms. The number of rotatable bonds is 3. The highest BCUT2D eigenvalue weighted by Crippen LogP contribution is 2.21. The molecular weight excluding hydrogens is 257 g/mol. The first-order valence-corrected chi connectivity index (χ1v) is 6.13. The SMILES string of the molecule is Cc1cc(C)c(C(=O)/C=C/c2ccccc2F)c(O)n1. The third-order valence-corrected chi connectivity index (χ3v) is 2.89. The van der Waals surface area contributed by atoms with Crippen LogP contribution in [0.15, 0.2) is 36.4 Å². The molecular formula is C16H14FNO2. The second-order valence-electron chi connectivity index (χ2n) is 4.50. The van der Waals surface area contributed by atoms with Gasteiger partial charge in [-0.05, 0) is 43.7 Å². The van der Waals surface area contributed by atoms with Crippen molar-refractivity contribution < 1.29 is 14.3 Å². The zero-order valence-electron chi connectivity index (χ0n) is 11.2. The number of carbonyl (C=O) groups excluding carboxylic acids is 1. The second-order valence-corrected chi connectivity index (χ2v) is 4.50. The van der Waals surface area contributed by atoms with E-state index < -0.39 is 11.6 Å². The zero-order chi connectivity index (χ0) is 14.7. The van der Waals surface area contributed by atoms with E-state index in [0.717, 1.165) is 0 Å². The topological polar surface area (TPSA) is 50.2 Å². The number of benzene rings is 1. The lowest BCUT2D eigenvalue weighted by Crippen LogP contribution is -2.01. The Bertz CT molecular complexity index is 670. The standard InChI is InChI=1S/C16H14FNO2/c1-10-9-11(2)18-16(20)15(10)14(19)8-7-12-5-3-4-6-13(12)17/h3-9H,1-2H3,(H,18,20)/b8-7+. The van der Waals surface area contributed by atoms with Crippen molar-refractivity contribution in [3.8, 4) is 5.88 Å². The van der Waals surface area contributed by atoms with Crippen LogP contribution in [0.3, 0.4) is 0 Å². The van der Waals surface area contributed by atoms with Gasteiger partial charge in [0.25, 0.3) is 0 Å². The molecule has 0 aliphatic carbocycles. The number of halogens is 1. The molecule has 0 bridgehead atoms. The Kier molecular flexibility index (Phi) is 3.94. The monoisotopic (exact) mass is 271 g/mol. The molecule has 1 N–H and O–H groups in total. The summed E-state index contributed by atoms with van der Waals surface area (Å²) in [6.07, 6.45) is 2.62. The van der Waals surface area contributed by atoms with Crippen LogP contribution >= 0.6 is 0 Å². The predicted molar refractivity (Wildman–Crippen MR) is 75.1 cm³/mol. The number of pyridine rings is 1. The zero-order valence-corrected chi connectivity index (χ0v) is 11.2. The van der Waals surface area contributed by atoms with E-state index in [2.05, 4.69) is 4.98 Å². The molecule has 0 spiro atoms. The number of carbonyl (C=O) groups is 1. The molecule has 2 aromatic rings. The first-order chi connectivity index (χ1) is 9.49. The molecule has 0 aliphatic rings. The van der Waals surface area contributed by atoms with E-state index in [1.165, 1.54) is 18.2 Å². The van der Waals surface area contributed by atoms with Gasteiger partial charge in [-0.25, -0.2) is 9.37 Å². The summed E-state index contributed by atoms with van der Waals surface area (Å²) in [5, 5.41) is 9.75. The Hall–Kier alpha value is -2.49. The van der Waals surface area contributed by atoms with Crippen LogP contribution in [-0.4, -0.2) is 15.9 Å². The van der Waals surface area contributed by atoms with Gasteiger partial charge < -0.3 is 5.11 Å². The first kappa shape index (κ1) is 13.9. The quantitative estimate of drug-likeness (QED) is 0.687. The normalized spacial score (nSPS) is 10.9. The Balaban J connectivity index is 2.32. The van der Waals surface area contributed by atoms with Crippen molar-refractivity contribution >= 4 is 11.9 Å². The van der Waals surface area contributed by atoms with E-state index in [1.807, 2.05) is 0 Å². The van der Waals surface area contributed by atoms with E-state index in [0.29, 0.717) is 16.8 Å². The molecule has 0 amide bonds. The average molecular weight is 271 g/mol. The van der Waals surface area contributed by atoms with Gasteiger partial charge in [0.05, 0.1) is 5.56 Å². The number of allylic oxidation sites excluding steroid dienone is 1. The van der Waals surface area contributed by atoms with Gasteiger partial charge in [-0.1, -0.05) is 18.2 Å². The van der Waals surface area contributed by atoms with Crippen molar-refractivity contribution in [3.63, 3.8) is 0 Å². The van der Waals surface area contributed by atoms with Crippen molar-refractivity contribution in [3.05, 3.63) is 64.6 Å². The van der Waals surface area contributed by atoms with Gasteiger partial charge >= 0.3 is 0 Å². The van der Waals surface area contributed by atoms with Gasteiger partial charge in [0, 0.05) is 11.3 Å². The minimum Gasteiger partial charge on any atom is -0.493 e. The molecule has 1 aromatic carbocycles. The molecule has 1 heterocycles. The predicted octanol–water partition coefficient (Wildman–Crippen LogP) is 3.44. The van der Waals surface area contributed by atoms with Crippen LogP contribution in [-0.2, 0) is 0 Å². The van der Waals surface area contributed by atoms with Crippen LogP contribution in [0.2, 0.25) is 0 Å². The van der Waals surface area contributed by atoms with Crippen LogP contribution in [0.1, 0.15) is 27.2 Å². The number of aryl methyl sites for hydroxylation is 2. The van der Waals surface area contributed by atoms with E-state index in [4.69, 9.17) is 0 Å². The van der Waals surface area contributed by atoms with Crippen molar-refractivity contribution in [2.45, 2.75) is 13.8 Å². The maximum Gasteiger partial charge on any atom is 0.222 e. The Morgan fingerprint density at radius 2 is 2.00 bits per heavy atom. The number of aromatic nitrogens is 1. The van der Waals surface area contributed by atoms with E-state index in [1.54, 1.807) is 38.1 Å². The Morgan fingerprint density at radius 3 is 2.65 bits per heavy atom.